The van der Waals surface area contributed by atoms with Gasteiger partial charge in [-0.15, -0.1) is 0 Å². The maximum Gasteiger partial charge on any atom is 0.252 e. The average Bonchev–Trinajstić information content (AvgIpc) is 3.04. The highest BCUT2D eigenvalue weighted by Gasteiger charge is 2.43. The van der Waals surface area contributed by atoms with Gasteiger partial charge in [0.25, 0.3) is 5.91 Å². The van der Waals surface area contributed by atoms with Gasteiger partial charge in [-0.1, -0.05) is 72.3 Å². The van der Waals surface area contributed by atoms with Gasteiger partial charge in [0, 0.05) is 17.3 Å². The molecule has 1 heterocycles. The van der Waals surface area contributed by atoms with E-state index in [1.807, 2.05) is 89.8 Å². The van der Waals surface area contributed by atoms with Crippen LogP contribution in [0, 0.1) is 0 Å². The number of nitrogens with one attached hydrogen (secondary N) is 1. The first-order chi connectivity index (χ1) is 16.0. The molecule has 0 aliphatic carbocycles. The smallest absolute Gasteiger partial charge is 0.252 e. The van der Waals surface area contributed by atoms with Crippen LogP contribution in [0.15, 0.2) is 84.9 Å². The molecule has 0 radical (unpaired) electrons. The molecule has 1 saturated heterocycles. The molecular weight excluding hydrogens is 454 g/mol. The van der Waals surface area contributed by atoms with E-state index >= 15 is 0 Å². The molecule has 1 N–H and O–H groups in total. The molecule has 0 bridgehead atoms. The second-order valence-electron chi connectivity index (χ2n) is 7.90. The van der Waals surface area contributed by atoms with Crippen LogP contribution in [0.4, 0.5) is 5.69 Å². The molecule has 0 spiro atoms. The standard InChI is InChI=1S/C26H24ClN3O2S/c27-21-13-11-19(12-14-21)15-16-29-23(17-24(31)28-22-9-5-2-6-10-22)25(32)30(26(29)33)18-20-7-3-1-4-8-20/h1-14,23H,15-18H2,(H,28,31)/t23-/m0/s1. The summed E-state index contributed by atoms with van der Waals surface area (Å²) in [5.41, 5.74) is 2.77. The third-order valence-corrected chi connectivity index (χ3v) is 6.29. The van der Waals surface area contributed by atoms with Gasteiger partial charge in [-0.3, -0.25) is 14.5 Å². The number of hydrogen-bond acceptors (Lipinski definition) is 3. The topological polar surface area (TPSA) is 52.7 Å². The Bertz CT molecular complexity index is 1120. The normalized spacial score (nSPS) is 15.7. The lowest BCUT2D eigenvalue weighted by molar-refractivity contribution is -0.131. The molecule has 33 heavy (non-hydrogen) atoms. The summed E-state index contributed by atoms with van der Waals surface area (Å²) < 4.78 is 0. The van der Waals surface area contributed by atoms with Crippen molar-refractivity contribution in [3.8, 4) is 0 Å². The van der Waals surface area contributed by atoms with Crippen molar-refractivity contribution in [3.05, 3.63) is 101 Å². The molecule has 3 aromatic carbocycles. The molecule has 168 valence electrons. The SMILES string of the molecule is O=C(C[C@H]1C(=O)N(Cc2ccccc2)C(=S)N1CCc1ccc(Cl)cc1)Nc1ccccc1. The number of thiocarbonyl (C=S) groups is 1. The number of halogens is 1. The van der Waals surface area contributed by atoms with Crippen LogP contribution in [-0.4, -0.2) is 39.3 Å². The Morgan fingerprint density at radius 1 is 0.909 bits per heavy atom. The third-order valence-electron chi connectivity index (χ3n) is 5.58. The Labute approximate surface area is 204 Å². The average molecular weight is 478 g/mol. The van der Waals surface area contributed by atoms with Crippen molar-refractivity contribution < 1.29 is 9.59 Å². The lowest BCUT2D eigenvalue weighted by atomic mass is 10.1. The zero-order valence-electron chi connectivity index (χ0n) is 18.0. The number of anilines is 1. The second-order valence-corrected chi connectivity index (χ2v) is 8.70. The van der Waals surface area contributed by atoms with E-state index in [1.165, 1.54) is 0 Å². The highest BCUT2D eigenvalue weighted by atomic mass is 35.5. The van der Waals surface area contributed by atoms with E-state index in [-0.39, 0.29) is 18.2 Å². The zero-order chi connectivity index (χ0) is 23.2. The van der Waals surface area contributed by atoms with Gasteiger partial charge in [0.15, 0.2) is 5.11 Å². The van der Waals surface area contributed by atoms with Crippen molar-refractivity contribution >= 4 is 46.4 Å². The van der Waals surface area contributed by atoms with E-state index in [9.17, 15) is 9.59 Å². The van der Waals surface area contributed by atoms with Crippen LogP contribution in [0.2, 0.25) is 5.02 Å². The Balaban J connectivity index is 1.51. The molecule has 1 fully saturated rings. The van der Waals surface area contributed by atoms with Crippen LogP contribution >= 0.6 is 23.8 Å². The van der Waals surface area contributed by atoms with E-state index in [0.717, 1.165) is 11.1 Å². The van der Waals surface area contributed by atoms with E-state index in [2.05, 4.69) is 5.32 Å². The Morgan fingerprint density at radius 3 is 2.21 bits per heavy atom. The molecule has 7 heteroatoms. The molecule has 0 aromatic heterocycles. The van der Waals surface area contributed by atoms with E-state index < -0.39 is 6.04 Å². The monoisotopic (exact) mass is 477 g/mol. The molecule has 4 rings (SSSR count). The highest BCUT2D eigenvalue weighted by molar-refractivity contribution is 7.80. The first-order valence-corrected chi connectivity index (χ1v) is 11.5. The highest BCUT2D eigenvalue weighted by Crippen LogP contribution is 2.24. The molecule has 1 aliphatic heterocycles. The maximum absolute atomic E-state index is 13.4. The molecule has 3 aromatic rings. The van der Waals surface area contributed by atoms with Crippen molar-refractivity contribution in [1.82, 2.24) is 9.80 Å². The van der Waals surface area contributed by atoms with Crippen molar-refractivity contribution in [3.63, 3.8) is 0 Å². The second kappa shape index (κ2) is 10.6. The van der Waals surface area contributed by atoms with E-state index in [1.54, 1.807) is 4.90 Å². The van der Waals surface area contributed by atoms with Gasteiger partial charge in [-0.25, -0.2) is 0 Å². The molecule has 1 atom stereocenters. The van der Waals surface area contributed by atoms with Gasteiger partial charge in [-0.05, 0) is 54.0 Å². The molecule has 0 unspecified atom stereocenters. The summed E-state index contributed by atoms with van der Waals surface area (Å²) >= 11 is 11.7. The summed E-state index contributed by atoms with van der Waals surface area (Å²) in [5, 5.41) is 4.01. The number of nitrogens with zero attached hydrogens (tertiary/aromatic N) is 2. The summed E-state index contributed by atoms with van der Waals surface area (Å²) in [6.45, 7) is 0.910. The van der Waals surface area contributed by atoms with Crippen LogP contribution in [-0.2, 0) is 22.6 Å². The number of hydrogen-bond donors (Lipinski definition) is 1. The van der Waals surface area contributed by atoms with Gasteiger partial charge >= 0.3 is 0 Å². The number of carbonyl (C=O) groups is 2. The van der Waals surface area contributed by atoms with Gasteiger partial charge < -0.3 is 10.2 Å². The number of amides is 2. The fourth-order valence-electron chi connectivity index (χ4n) is 3.87. The first kappa shape index (κ1) is 23.0. The lowest BCUT2D eigenvalue weighted by Crippen LogP contribution is -2.39. The largest absolute Gasteiger partial charge is 0.336 e. The van der Waals surface area contributed by atoms with E-state index in [0.29, 0.717) is 35.3 Å². The third kappa shape index (κ3) is 5.78. The van der Waals surface area contributed by atoms with Crippen molar-refractivity contribution in [1.29, 1.82) is 0 Å². The van der Waals surface area contributed by atoms with Crippen LogP contribution in [0.25, 0.3) is 0 Å². The predicted octanol–water partition coefficient (Wildman–Crippen LogP) is 4.91. The number of benzene rings is 3. The summed E-state index contributed by atoms with van der Waals surface area (Å²) in [6.07, 6.45) is 0.709. The van der Waals surface area contributed by atoms with Gasteiger partial charge in [0.1, 0.15) is 6.04 Å². The first-order valence-electron chi connectivity index (χ1n) is 10.8. The molecule has 2 amide bonds. The van der Waals surface area contributed by atoms with Crippen LogP contribution in [0.5, 0.6) is 0 Å². The predicted molar refractivity (Wildman–Crippen MR) is 135 cm³/mol. The fourth-order valence-corrected chi connectivity index (χ4v) is 4.37. The lowest BCUT2D eigenvalue weighted by Gasteiger charge is -2.24. The number of carbonyl (C=O) groups excluding carboxylic acids is 2. The zero-order valence-corrected chi connectivity index (χ0v) is 19.6. The summed E-state index contributed by atoms with van der Waals surface area (Å²) in [5.74, 6) is -0.372. The molecule has 1 aliphatic rings. The van der Waals surface area contributed by atoms with E-state index in [4.69, 9.17) is 23.8 Å². The van der Waals surface area contributed by atoms with Gasteiger partial charge in [0.2, 0.25) is 5.91 Å². The summed E-state index contributed by atoms with van der Waals surface area (Å²) in [7, 11) is 0. The number of rotatable bonds is 8. The Morgan fingerprint density at radius 2 is 1.55 bits per heavy atom. The summed E-state index contributed by atoms with van der Waals surface area (Å²) in [4.78, 5) is 29.6. The van der Waals surface area contributed by atoms with Crippen molar-refractivity contribution in [2.45, 2.75) is 25.4 Å². The maximum atomic E-state index is 13.4. The van der Waals surface area contributed by atoms with Crippen LogP contribution in [0.1, 0.15) is 17.5 Å². The molecule has 0 saturated carbocycles. The van der Waals surface area contributed by atoms with Crippen LogP contribution in [0.3, 0.4) is 0 Å². The van der Waals surface area contributed by atoms with Crippen molar-refractivity contribution in [2.24, 2.45) is 0 Å². The number of para-hydroxylation sites is 1. The minimum absolute atomic E-state index is 0.0276. The Kier molecular flexibility index (Phi) is 7.37. The quantitative estimate of drug-likeness (QED) is 0.468. The molecular formula is C26H24ClN3O2S. The van der Waals surface area contributed by atoms with Gasteiger partial charge in [0.05, 0.1) is 13.0 Å². The fraction of sp³-hybridized carbons (Fsp3) is 0.192. The minimum Gasteiger partial charge on any atom is -0.336 e. The van der Waals surface area contributed by atoms with Gasteiger partial charge in [-0.2, -0.15) is 0 Å². The van der Waals surface area contributed by atoms with Crippen molar-refractivity contribution in [2.75, 3.05) is 11.9 Å². The molecule has 5 nitrogen and oxygen atoms in total. The Hall–Kier alpha value is -3.22. The summed E-state index contributed by atoms with van der Waals surface area (Å²) in [6, 6.07) is 25.9. The minimum atomic E-state index is -0.641. The van der Waals surface area contributed by atoms with Crippen LogP contribution < -0.4 is 5.32 Å².